The van der Waals surface area contributed by atoms with Crippen molar-refractivity contribution in [3.05, 3.63) is 0 Å². The van der Waals surface area contributed by atoms with Crippen LogP contribution in [0.25, 0.3) is 0 Å². The molecule has 1 aliphatic rings. The van der Waals surface area contributed by atoms with Gasteiger partial charge in [-0.3, -0.25) is 4.79 Å². The molecule has 0 aromatic carbocycles. The number of hydrogen-bond acceptors (Lipinski definition) is 10. The minimum atomic E-state index is -1.66. The van der Waals surface area contributed by atoms with E-state index >= 15 is 0 Å². The molecule has 11 heteroatoms. The number of carbonyl (C=O) groups is 1. The zero-order chi connectivity index (χ0) is 42.8. The van der Waals surface area contributed by atoms with Gasteiger partial charge in [0.15, 0.2) is 6.29 Å². The summed E-state index contributed by atoms with van der Waals surface area (Å²) in [7, 11) is 0. The van der Waals surface area contributed by atoms with Crippen LogP contribution < -0.4 is 5.32 Å². The first-order valence-corrected chi connectivity index (χ1v) is 24.3. The molecule has 11 nitrogen and oxygen atoms in total. The van der Waals surface area contributed by atoms with Crippen LogP contribution >= 0.6 is 0 Å². The van der Waals surface area contributed by atoms with E-state index in [1.54, 1.807) is 0 Å². The van der Waals surface area contributed by atoms with Crippen molar-refractivity contribution in [3.8, 4) is 0 Å². The molecule has 0 saturated carbocycles. The van der Waals surface area contributed by atoms with Crippen molar-refractivity contribution in [1.29, 1.82) is 0 Å². The summed E-state index contributed by atoms with van der Waals surface area (Å²) in [6, 6.07) is -1.16. The summed E-state index contributed by atoms with van der Waals surface area (Å²) in [5.41, 5.74) is 0. The molecule has 1 rings (SSSR count). The molecule has 58 heavy (non-hydrogen) atoms. The number of nitrogens with one attached hydrogen (secondary N) is 1. The highest BCUT2D eigenvalue weighted by atomic mass is 16.7. The molecule has 8 N–H and O–H groups in total. The second-order valence-electron chi connectivity index (χ2n) is 18.0. The second-order valence-corrected chi connectivity index (χ2v) is 18.0. The lowest BCUT2D eigenvalue weighted by atomic mass is 9.98. The molecule has 1 saturated heterocycles. The van der Waals surface area contributed by atoms with Gasteiger partial charge in [-0.1, -0.05) is 207 Å². The minimum absolute atomic E-state index is 0.265. The molecule has 0 bridgehead atoms. The van der Waals surface area contributed by atoms with Crippen molar-refractivity contribution in [2.75, 3.05) is 13.2 Å². The van der Waals surface area contributed by atoms with E-state index in [0.29, 0.717) is 19.3 Å². The maximum absolute atomic E-state index is 13.1. The van der Waals surface area contributed by atoms with Crippen LogP contribution in [0.4, 0.5) is 0 Å². The third-order valence-electron chi connectivity index (χ3n) is 12.1. The Hall–Kier alpha value is -0.890. The Balaban J connectivity index is 2.39. The number of amides is 1. The van der Waals surface area contributed by atoms with Gasteiger partial charge in [0.1, 0.15) is 36.6 Å². The van der Waals surface area contributed by atoms with Crippen LogP contribution in [0.5, 0.6) is 0 Å². The zero-order valence-corrected chi connectivity index (χ0v) is 37.5. The number of aliphatic hydroxyl groups is 7. The predicted octanol–water partition coefficient (Wildman–Crippen LogP) is 8.14. The van der Waals surface area contributed by atoms with E-state index in [4.69, 9.17) is 9.47 Å². The van der Waals surface area contributed by atoms with Gasteiger partial charge in [0, 0.05) is 0 Å². The third kappa shape index (κ3) is 27.1. The van der Waals surface area contributed by atoms with Crippen LogP contribution in [0.15, 0.2) is 0 Å². The Labute approximate surface area is 354 Å². The summed E-state index contributed by atoms with van der Waals surface area (Å²) in [5, 5.41) is 75.7. The monoisotopic (exact) mass is 832 g/mol. The van der Waals surface area contributed by atoms with Crippen molar-refractivity contribution in [2.45, 2.75) is 275 Å². The van der Waals surface area contributed by atoms with Gasteiger partial charge in [-0.25, -0.2) is 0 Å². The highest BCUT2D eigenvalue weighted by Gasteiger charge is 2.44. The molecule has 346 valence electrons. The molecule has 0 aromatic heterocycles. The van der Waals surface area contributed by atoms with Gasteiger partial charge in [-0.15, -0.1) is 0 Å². The average Bonchev–Trinajstić information content (AvgIpc) is 3.21. The van der Waals surface area contributed by atoms with Gasteiger partial charge in [-0.05, 0) is 18.8 Å². The molecule has 1 amide bonds. The Bertz CT molecular complexity index is 926. The predicted molar refractivity (Wildman–Crippen MR) is 233 cm³/mol. The number of unbranched alkanes of at least 4 members (excludes halogenated alkanes) is 26. The zero-order valence-electron chi connectivity index (χ0n) is 37.5. The summed E-state index contributed by atoms with van der Waals surface area (Å²) >= 11 is 0. The normalized spacial score (nSPS) is 21.9. The van der Waals surface area contributed by atoms with Crippen LogP contribution in [0.1, 0.15) is 220 Å². The molecule has 9 atom stereocenters. The van der Waals surface area contributed by atoms with Crippen LogP contribution in [0.2, 0.25) is 0 Å². The Kier molecular flexibility index (Phi) is 34.9. The Morgan fingerprint density at radius 1 is 0.569 bits per heavy atom. The molecule has 0 unspecified atom stereocenters. The SMILES string of the molecule is CCCCCCCCCCCCCCCCCCCCC[C@@H](O)C(=O)N[C@@H](CO[C@@H]1O[C@H](CO)[C@@H](O)[C@H](O)[C@H]1O)[C@H](O)[C@H](O)CCCCCCCCCCCC(C)C. The third-order valence-corrected chi connectivity index (χ3v) is 12.1. The standard InChI is InChI=1S/C47H93NO10/c1-4-5-6-7-8-9-10-11-12-13-14-15-16-17-18-21-25-28-31-34-40(51)46(56)48-38(36-57-47-45(55)44(54)43(53)41(35-49)58-47)42(52)39(50)33-30-27-24-22-19-20-23-26-29-32-37(2)3/h37-45,47,49-55H,4-36H2,1-3H3,(H,48,56)/t38-,39+,40+,41+,42-,43+,44-,45+,47+/m0/s1. The van der Waals surface area contributed by atoms with E-state index in [1.165, 1.54) is 135 Å². The lowest BCUT2D eigenvalue weighted by Gasteiger charge is -2.40. The summed E-state index contributed by atoms with van der Waals surface area (Å²) in [5.74, 6) is 0.0698. The highest BCUT2D eigenvalue weighted by molar-refractivity contribution is 5.80. The molecule has 1 heterocycles. The first kappa shape index (κ1) is 55.1. The summed E-state index contributed by atoms with van der Waals surface area (Å²) in [6.45, 7) is 5.74. The van der Waals surface area contributed by atoms with E-state index in [2.05, 4.69) is 26.1 Å². The number of hydrogen-bond donors (Lipinski definition) is 8. The summed E-state index contributed by atoms with van der Waals surface area (Å²) in [4.78, 5) is 13.1. The number of aliphatic hydroxyl groups excluding tert-OH is 7. The van der Waals surface area contributed by atoms with Crippen molar-refractivity contribution < 1.29 is 50.0 Å². The van der Waals surface area contributed by atoms with E-state index in [1.807, 2.05) is 0 Å². The van der Waals surface area contributed by atoms with E-state index in [-0.39, 0.29) is 6.42 Å². The molecule has 0 aliphatic carbocycles. The molecule has 0 spiro atoms. The van der Waals surface area contributed by atoms with E-state index in [9.17, 15) is 40.5 Å². The maximum Gasteiger partial charge on any atom is 0.249 e. The average molecular weight is 832 g/mol. The van der Waals surface area contributed by atoms with Crippen LogP contribution in [0, 0.1) is 5.92 Å². The maximum atomic E-state index is 13.1. The van der Waals surface area contributed by atoms with Crippen molar-refractivity contribution in [2.24, 2.45) is 5.92 Å². The lowest BCUT2D eigenvalue weighted by Crippen LogP contribution is -2.60. The molecule has 1 fully saturated rings. The molecular weight excluding hydrogens is 739 g/mol. The smallest absolute Gasteiger partial charge is 0.249 e. The van der Waals surface area contributed by atoms with Crippen LogP contribution in [0.3, 0.4) is 0 Å². The first-order valence-electron chi connectivity index (χ1n) is 24.3. The van der Waals surface area contributed by atoms with Gasteiger partial charge < -0.3 is 50.5 Å². The Morgan fingerprint density at radius 3 is 1.38 bits per heavy atom. The quantitative estimate of drug-likeness (QED) is 0.0280. The van der Waals surface area contributed by atoms with Crippen molar-refractivity contribution >= 4 is 5.91 Å². The van der Waals surface area contributed by atoms with Gasteiger partial charge >= 0.3 is 0 Å². The largest absolute Gasteiger partial charge is 0.394 e. The number of ether oxygens (including phenoxy) is 2. The lowest BCUT2D eigenvalue weighted by molar-refractivity contribution is -0.303. The fourth-order valence-corrected chi connectivity index (χ4v) is 8.04. The topological polar surface area (TPSA) is 189 Å². The molecule has 0 radical (unpaired) electrons. The first-order chi connectivity index (χ1) is 28.0. The highest BCUT2D eigenvalue weighted by Crippen LogP contribution is 2.23. The number of carbonyl (C=O) groups excluding carboxylic acids is 1. The van der Waals surface area contributed by atoms with Crippen LogP contribution in [-0.4, -0.2) is 110 Å². The minimum Gasteiger partial charge on any atom is -0.394 e. The van der Waals surface area contributed by atoms with Crippen molar-refractivity contribution in [3.63, 3.8) is 0 Å². The van der Waals surface area contributed by atoms with Gasteiger partial charge in [0.05, 0.1) is 25.4 Å². The summed E-state index contributed by atoms with van der Waals surface area (Å²) < 4.78 is 11.1. The van der Waals surface area contributed by atoms with E-state index in [0.717, 1.165) is 44.4 Å². The summed E-state index contributed by atoms with van der Waals surface area (Å²) in [6.07, 6.45) is 24.5. The van der Waals surface area contributed by atoms with E-state index < -0.39 is 74.2 Å². The second kappa shape index (κ2) is 36.7. The van der Waals surface area contributed by atoms with Gasteiger partial charge in [-0.2, -0.15) is 0 Å². The number of rotatable bonds is 40. The van der Waals surface area contributed by atoms with Gasteiger partial charge in [0.2, 0.25) is 5.91 Å². The fraction of sp³-hybridized carbons (Fsp3) is 0.979. The Morgan fingerprint density at radius 2 is 0.966 bits per heavy atom. The van der Waals surface area contributed by atoms with Crippen molar-refractivity contribution in [1.82, 2.24) is 5.32 Å². The molecular formula is C47H93NO10. The molecule has 1 aliphatic heterocycles. The van der Waals surface area contributed by atoms with Gasteiger partial charge in [0.25, 0.3) is 0 Å². The fourth-order valence-electron chi connectivity index (χ4n) is 8.04. The van der Waals surface area contributed by atoms with Crippen LogP contribution in [-0.2, 0) is 14.3 Å². The molecule has 0 aromatic rings.